The normalized spacial score (nSPS) is 13.1. The number of rotatable bonds is 9. The summed E-state index contributed by atoms with van der Waals surface area (Å²) in [6.45, 7) is 0. The molecule has 0 saturated heterocycles. The molecule has 1 aliphatic carbocycles. The van der Waals surface area contributed by atoms with Gasteiger partial charge in [0.15, 0.2) is 0 Å². The van der Waals surface area contributed by atoms with Crippen molar-refractivity contribution in [2.45, 2.75) is 38.0 Å². The van der Waals surface area contributed by atoms with Crippen LogP contribution in [0.3, 0.4) is 0 Å². The van der Waals surface area contributed by atoms with E-state index in [1.54, 1.807) is 0 Å². The van der Waals surface area contributed by atoms with Crippen LogP contribution in [-0.2, 0) is 0 Å². The molecule has 2 nitrogen and oxygen atoms in total. The maximum Gasteiger partial charge on any atom is 0.0619 e. The van der Waals surface area contributed by atoms with Gasteiger partial charge in [-0.05, 0) is 105 Å². The summed E-state index contributed by atoms with van der Waals surface area (Å²) in [7, 11) is 0. The van der Waals surface area contributed by atoms with Crippen LogP contribution in [0.2, 0.25) is 0 Å². The zero-order valence-corrected chi connectivity index (χ0v) is 37.0. The third-order valence-corrected chi connectivity index (χ3v) is 14.0. The fourth-order valence-corrected chi connectivity index (χ4v) is 10.9. The molecule has 1 aromatic heterocycles. The minimum Gasteiger partial charge on any atom is -0.309 e. The van der Waals surface area contributed by atoms with Crippen molar-refractivity contribution >= 4 is 49.6 Å². The fraction of sp³-hybridized carbons (Fsp3) is 0.0938. The van der Waals surface area contributed by atoms with E-state index in [0.29, 0.717) is 5.92 Å². The predicted octanol–water partition coefficient (Wildman–Crippen LogP) is 18.1. The zero-order valence-electron chi connectivity index (χ0n) is 37.0. The van der Waals surface area contributed by atoms with Crippen LogP contribution >= 0.6 is 0 Å². The molecule has 11 aromatic rings. The Morgan fingerprint density at radius 1 is 0.379 bits per heavy atom. The molecule has 0 aliphatic heterocycles. The molecular formula is C64H50N2. The smallest absolute Gasteiger partial charge is 0.0619 e. The Labute approximate surface area is 387 Å². The number of nitrogens with zero attached hydrogens (tertiary/aromatic N) is 2. The van der Waals surface area contributed by atoms with E-state index in [0.717, 1.165) is 28.3 Å². The average molecular weight is 847 g/mol. The molecule has 0 unspecified atom stereocenters. The summed E-state index contributed by atoms with van der Waals surface area (Å²) >= 11 is 0. The van der Waals surface area contributed by atoms with Crippen molar-refractivity contribution in [3.63, 3.8) is 0 Å². The van der Waals surface area contributed by atoms with E-state index in [1.165, 1.54) is 109 Å². The Morgan fingerprint density at radius 3 is 1.74 bits per heavy atom. The molecule has 1 fully saturated rings. The van der Waals surface area contributed by atoms with E-state index in [-0.39, 0.29) is 0 Å². The summed E-state index contributed by atoms with van der Waals surface area (Å²) in [4.78, 5) is 2.52. The molecule has 316 valence electrons. The summed E-state index contributed by atoms with van der Waals surface area (Å²) in [5.74, 6) is 0.567. The van der Waals surface area contributed by atoms with Gasteiger partial charge in [0, 0.05) is 38.8 Å². The SMILES string of the molecule is c1ccc(-c2ccc(-c3ccccc3N(c3cccc(-c4cccc5c6ccccc6n(-c6ccccc6)c45)c3)c3ccccc3-c3cccc4cccc(C5CCCCC5)c34)cc2)cc1. The summed E-state index contributed by atoms with van der Waals surface area (Å²) in [6, 6.07) is 87.3. The van der Waals surface area contributed by atoms with Crippen LogP contribution < -0.4 is 4.90 Å². The lowest BCUT2D eigenvalue weighted by Gasteiger charge is -2.31. The van der Waals surface area contributed by atoms with Gasteiger partial charge in [0.25, 0.3) is 0 Å². The highest BCUT2D eigenvalue weighted by atomic mass is 15.1. The quantitative estimate of drug-likeness (QED) is 0.140. The molecule has 1 saturated carbocycles. The highest BCUT2D eigenvalue weighted by Crippen LogP contribution is 2.49. The molecule has 1 heterocycles. The molecule has 10 aromatic carbocycles. The van der Waals surface area contributed by atoms with E-state index in [9.17, 15) is 0 Å². The molecular weight excluding hydrogens is 797 g/mol. The van der Waals surface area contributed by atoms with E-state index < -0.39 is 0 Å². The first kappa shape index (κ1) is 39.6. The van der Waals surface area contributed by atoms with Crippen molar-refractivity contribution in [3.05, 3.63) is 242 Å². The van der Waals surface area contributed by atoms with Crippen LogP contribution in [-0.4, -0.2) is 4.57 Å². The van der Waals surface area contributed by atoms with Gasteiger partial charge in [0.2, 0.25) is 0 Å². The number of fused-ring (bicyclic) bond motifs is 4. The first-order chi connectivity index (χ1) is 32.8. The van der Waals surface area contributed by atoms with Crippen LogP contribution in [0, 0.1) is 0 Å². The topological polar surface area (TPSA) is 8.17 Å². The second kappa shape index (κ2) is 17.2. The lowest BCUT2D eigenvalue weighted by atomic mass is 9.80. The molecule has 0 amide bonds. The summed E-state index contributed by atoms with van der Waals surface area (Å²) in [5, 5.41) is 5.19. The number of benzene rings is 10. The third-order valence-electron chi connectivity index (χ3n) is 14.0. The lowest BCUT2D eigenvalue weighted by molar-refractivity contribution is 0.445. The first-order valence-corrected chi connectivity index (χ1v) is 23.6. The van der Waals surface area contributed by atoms with Crippen molar-refractivity contribution in [2.75, 3.05) is 4.90 Å². The Hall–Kier alpha value is -7.94. The molecule has 0 radical (unpaired) electrons. The summed E-state index contributed by atoms with van der Waals surface area (Å²) in [6.07, 6.45) is 6.43. The molecule has 0 bridgehead atoms. The average Bonchev–Trinajstić information content (AvgIpc) is 3.74. The Balaban J connectivity index is 1.09. The van der Waals surface area contributed by atoms with Gasteiger partial charge >= 0.3 is 0 Å². The van der Waals surface area contributed by atoms with E-state index >= 15 is 0 Å². The Kier molecular flexibility index (Phi) is 10.3. The minimum atomic E-state index is 0.567. The van der Waals surface area contributed by atoms with Crippen molar-refractivity contribution in [3.8, 4) is 50.2 Å². The first-order valence-electron chi connectivity index (χ1n) is 23.6. The van der Waals surface area contributed by atoms with Gasteiger partial charge in [-0.1, -0.05) is 213 Å². The monoisotopic (exact) mass is 846 g/mol. The maximum absolute atomic E-state index is 2.52. The van der Waals surface area contributed by atoms with Crippen molar-refractivity contribution < 1.29 is 0 Å². The number of hydrogen-bond acceptors (Lipinski definition) is 1. The largest absolute Gasteiger partial charge is 0.309 e. The van der Waals surface area contributed by atoms with E-state index in [4.69, 9.17) is 0 Å². The highest BCUT2D eigenvalue weighted by molar-refractivity contribution is 6.14. The van der Waals surface area contributed by atoms with Gasteiger partial charge in [0.05, 0.1) is 22.4 Å². The molecule has 2 heteroatoms. The number of hydrogen-bond donors (Lipinski definition) is 0. The standard InChI is InChI=1S/C64H50N2/c1-4-20-45(21-5-1)46-40-42-48(43-41-46)53-30-10-13-37-60(53)65(61-38-14-11-31-56(61)58-35-18-25-49-24-17-33-54(63(49)58)47-22-6-2-7-23-47)52-29-16-26-50(44-52)55-34-19-36-59-57-32-12-15-39-62(57)66(64(55)59)51-27-8-3-9-28-51/h1,3-5,8-21,24-44,47H,2,6-7,22-23H2. The van der Waals surface area contributed by atoms with Crippen LogP contribution in [0.4, 0.5) is 17.1 Å². The van der Waals surface area contributed by atoms with Crippen LogP contribution in [0.15, 0.2) is 237 Å². The Morgan fingerprint density at radius 2 is 0.939 bits per heavy atom. The number of anilines is 3. The maximum atomic E-state index is 2.52. The number of aromatic nitrogens is 1. The van der Waals surface area contributed by atoms with Gasteiger partial charge in [-0.25, -0.2) is 0 Å². The van der Waals surface area contributed by atoms with Crippen molar-refractivity contribution in [2.24, 2.45) is 0 Å². The second-order valence-corrected chi connectivity index (χ2v) is 17.8. The third kappa shape index (κ3) is 7.07. The van der Waals surface area contributed by atoms with E-state index in [1.807, 2.05) is 0 Å². The molecule has 1 aliphatic rings. The molecule has 12 rings (SSSR count). The van der Waals surface area contributed by atoms with Gasteiger partial charge in [0.1, 0.15) is 0 Å². The van der Waals surface area contributed by atoms with Gasteiger partial charge in [-0.2, -0.15) is 0 Å². The lowest BCUT2D eigenvalue weighted by Crippen LogP contribution is -2.13. The fourth-order valence-electron chi connectivity index (χ4n) is 10.9. The second-order valence-electron chi connectivity index (χ2n) is 17.8. The van der Waals surface area contributed by atoms with Crippen LogP contribution in [0.5, 0.6) is 0 Å². The summed E-state index contributed by atoms with van der Waals surface area (Å²) < 4.78 is 2.44. The van der Waals surface area contributed by atoms with Gasteiger partial charge < -0.3 is 9.47 Å². The Bertz CT molecular complexity index is 3500. The van der Waals surface area contributed by atoms with Crippen LogP contribution in [0.25, 0.3) is 82.8 Å². The minimum absolute atomic E-state index is 0.567. The van der Waals surface area contributed by atoms with Crippen LogP contribution in [0.1, 0.15) is 43.6 Å². The predicted molar refractivity (Wildman–Crippen MR) is 281 cm³/mol. The molecule has 66 heavy (non-hydrogen) atoms. The van der Waals surface area contributed by atoms with E-state index in [2.05, 4.69) is 246 Å². The molecule has 0 N–H and O–H groups in total. The molecule has 0 atom stereocenters. The highest BCUT2D eigenvalue weighted by Gasteiger charge is 2.25. The van der Waals surface area contributed by atoms with Crippen molar-refractivity contribution in [1.82, 2.24) is 4.57 Å². The van der Waals surface area contributed by atoms with Gasteiger partial charge in [-0.15, -0.1) is 0 Å². The van der Waals surface area contributed by atoms with Crippen molar-refractivity contribution in [1.29, 1.82) is 0 Å². The zero-order chi connectivity index (χ0) is 43.8. The molecule has 0 spiro atoms. The number of para-hydroxylation sites is 5. The van der Waals surface area contributed by atoms with Gasteiger partial charge in [-0.3, -0.25) is 0 Å². The summed E-state index contributed by atoms with van der Waals surface area (Å²) in [5.41, 5.74) is 18.0.